The highest BCUT2D eigenvalue weighted by atomic mass is 32.2. The molecule has 0 aliphatic heterocycles. The number of rotatable bonds is 8. The third-order valence-corrected chi connectivity index (χ3v) is 2.97. The van der Waals surface area contributed by atoms with E-state index in [2.05, 4.69) is 0 Å². The van der Waals surface area contributed by atoms with E-state index in [1.165, 1.54) is 25.6 Å². The standard InChI is InChI=1S/C10H18N2O5S/c1-6(13)16-3-8(17-7(2)14)4-18-5-9(11)10(12)15/h8-9H,3-5,11H2,1-2H3,(H2,12,15). The maximum atomic E-state index is 10.8. The maximum absolute atomic E-state index is 10.8. The van der Waals surface area contributed by atoms with Gasteiger partial charge < -0.3 is 20.9 Å². The van der Waals surface area contributed by atoms with Gasteiger partial charge in [-0.15, -0.1) is 0 Å². The van der Waals surface area contributed by atoms with Crippen LogP contribution in [0.5, 0.6) is 0 Å². The van der Waals surface area contributed by atoms with Gasteiger partial charge in [0, 0.05) is 25.4 Å². The first-order chi connectivity index (χ1) is 8.32. The van der Waals surface area contributed by atoms with Gasteiger partial charge in [0.25, 0.3) is 0 Å². The van der Waals surface area contributed by atoms with Crippen molar-refractivity contribution in [3.63, 3.8) is 0 Å². The molecule has 1 amide bonds. The molecular formula is C10H18N2O5S. The molecular weight excluding hydrogens is 260 g/mol. The minimum absolute atomic E-state index is 0.0201. The fraction of sp³-hybridized carbons (Fsp3) is 0.700. The van der Waals surface area contributed by atoms with Crippen molar-refractivity contribution in [1.29, 1.82) is 0 Å². The number of carbonyl (C=O) groups excluding carboxylic acids is 3. The zero-order valence-electron chi connectivity index (χ0n) is 10.4. The highest BCUT2D eigenvalue weighted by molar-refractivity contribution is 7.99. The fourth-order valence-corrected chi connectivity index (χ4v) is 1.95. The smallest absolute Gasteiger partial charge is 0.303 e. The molecule has 7 nitrogen and oxygen atoms in total. The van der Waals surface area contributed by atoms with Gasteiger partial charge in [0.1, 0.15) is 12.7 Å². The van der Waals surface area contributed by atoms with E-state index in [1.54, 1.807) is 0 Å². The number of amides is 1. The Morgan fingerprint density at radius 3 is 2.22 bits per heavy atom. The lowest BCUT2D eigenvalue weighted by Gasteiger charge is -2.17. The molecule has 0 rings (SSSR count). The van der Waals surface area contributed by atoms with Gasteiger partial charge in [0.15, 0.2) is 0 Å². The van der Waals surface area contributed by atoms with Gasteiger partial charge >= 0.3 is 11.9 Å². The van der Waals surface area contributed by atoms with E-state index in [9.17, 15) is 14.4 Å². The zero-order valence-corrected chi connectivity index (χ0v) is 11.2. The summed E-state index contributed by atoms with van der Waals surface area (Å²) in [6.45, 7) is 2.51. The molecule has 0 saturated heterocycles. The van der Waals surface area contributed by atoms with Gasteiger partial charge in [-0.05, 0) is 0 Å². The predicted molar refractivity (Wildman–Crippen MR) is 66.7 cm³/mol. The number of thioether (sulfide) groups is 1. The quantitative estimate of drug-likeness (QED) is 0.547. The van der Waals surface area contributed by atoms with E-state index < -0.39 is 30.0 Å². The fourth-order valence-electron chi connectivity index (χ4n) is 0.970. The molecule has 104 valence electrons. The van der Waals surface area contributed by atoms with E-state index in [0.717, 1.165) is 0 Å². The molecule has 18 heavy (non-hydrogen) atoms. The van der Waals surface area contributed by atoms with Crippen molar-refractivity contribution in [3.8, 4) is 0 Å². The summed E-state index contributed by atoms with van der Waals surface area (Å²) in [7, 11) is 0. The summed E-state index contributed by atoms with van der Waals surface area (Å²) in [6, 6.07) is -0.748. The van der Waals surface area contributed by atoms with Gasteiger partial charge in [-0.25, -0.2) is 0 Å². The second-order valence-corrected chi connectivity index (χ2v) is 4.66. The number of ether oxygens (including phenoxy) is 2. The molecule has 0 heterocycles. The van der Waals surface area contributed by atoms with Crippen LogP contribution in [-0.4, -0.2) is 48.1 Å². The third kappa shape index (κ3) is 8.82. The Hall–Kier alpha value is -1.28. The van der Waals surface area contributed by atoms with Crippen LogP contribution in [0.15, 0.2) is 0 Å². The Balaban J connectivity index is 4.03. The predicted octanol–water partition coefficient (Wildman–Crippen LogP) is -0.973. The van der Waals surface area contributed by atoms with Crippen LogP contribution in [-0.2, 0) is 23.9 Å². The molecule has 0 aliphatic rings. The molecule has 0 aromatic carbocycles. The van der Waals surface area contributed by atoms with Crippen LogP contribution in [0.2, 0.25) is 0 Å². The summed E-state index contributed by atoms with van der Waals surface area (Å²) in [5, 5.41) is 0. The van der Waals surface area contributed by atoms with Gasteiger partial charge in [-0.1, -0.05) is 0 Å². The monoisotopic (exact) mass is 278 g/mol. The number of carbonyl (C=O) groups is 3. The summed E-state index contributed by atoms with van der Waals surface area (Å²) in [5.74, 6) is -0.828. The Morgan fingerprint density at radius 1 is 1.17 bits per heavy atom. The third-order valence-electron chi connectivity index (χ3n) is 1.77. The van der Waals surface area contributed by atoms with Crippen LogP contribution in [0, 0.1) is 0 Å². The first kappa shape index (κ1) is 16.7. The van der Waals surface area contributed by atoms with E-state index in [4.69, 9.17) is 20.9 Å². The van der Waals surface area contributed by atoms with Gasteiger partial charge in [-0.2, -0.15) is 11.8 Å². The molecule has 0 saturated carbocycles. The molecule has 0 aromatic rings. The normalized spacial score (nSPS) is 13.5. The second kappa shape index (κ2) is 8.76. The van der Waals surface area contributed by atoms with Crippen LogP contribution in [0.4, 0.5) is 0 Å². The van der Waals surface area contributed by atoms with Gasteiger partial charge in [0.2, 0.25) is 5.91 Å². The molecule has 0 bridgehead atoms. The summed E-state index contributed by atoms with van der Waals surface area (Å²) >= 11 is 1.30. The van der Waals surface area contributed by atoms with Crippen LogP contribution in [0.1, 0.15) is 13.8 Å². The van der Waals surface area contributed by atoms with Gasteiger partial charge in [-0.3, -0.25) is 14.4 Å². The van der Waals surface area contributed by atoms with Crippen molar-refractivity contribution >= 4 is 29.6 Å². The topological polar surface area (TPSA) is 122 Å². The van der Waals surface area contributed by atoms with E-state index in [-0.39, 0.29) is 6.61 Å². The minimum atomic E-state index is -0.748. The first-order valence-corrected chi connectivity index (χ1v) is 6.41. The summed E-state index contributed by atoms with van der Waals surface area (Å²) in [5.41, 5.74) is 10.4. The van der Waals surface area contributed by atoms with Crippen molar-refractivity contribution in [2.75, 3.05) is 18.1 Å². The maximum Gasteiger partial charge on any atom is 0.303 e. The Kier molecular flexibility index (Phi) is 8.14. The molecule has 8 heteroatoms. The van der Waals surface area contributed by atoms with E-state index in [1.807, 2.05) is 0 Å². The lowest BCUT2D eigenvalue weighted by molar-refractivity contribution is -0.154. The Bertz CT molecular complexity index is 311. The highest BCUT2D eigenvalue weighted by Gasteiger charge is 2.16. The van der Waals surface area contributed by atoms with Crippen LogP contribution in [0.3, 0.4) is 0 Å². The summed E-state index contributed by atoms with van der Waals surface area (Å²) in [6.07, 6.45) is -0.559. The number of esters is 2. The van der Waals surface area contributed by atoms with Crippen molar-refractivity contribution in [2.45, 2.75) is 26.0 Å². The van der Waals surface area contributed by atoms with E-state index in [0.29, 0.717) is 11.5 Å². The Morgan fingerprint density at radius 2 is 1.78 bits per heavy atom. The average Bonchev–Trinajstić information content (AvgIpc) is 2.24. The summed E-state index contributed by atoms with van der Waals surface area (Å²) < 4.78 is 9.71. The number of primary amides is 1. The number of hydrogen-bond acceptors (Lipinski definition) is 7. The minimum Gasteiger partial charge on any atom is -0.462 e. The lowest BCUT2D eigenvalue weighted by Crippen LogP contribution is -2.39. The molecule has 0 fully saturated rings. The second-order valence-electron chi connectivity index (χ2n) is 3.58. The highest BCUT2D eigenvalue weighted by Crippen LogP contribution is 2.08. The lowest BCUT2D eigenvalue weighted by atomic mass is 10.3. The van der Waals surface area contributed by atoms with Crippen molar-refractivity contribution in [2.24, 2.45) is 11.5 Å². The largest absolute Gasteiger partial charge is 0.462 e. The molecule has 4 N–H and O–H groups in total. The van der Waals surface area contributed by atoms with Gasteiger partial charge in [0.05, 0.1) is 6.04 Å². The number of hydrogen-bond donors (Lipinski definition) is 2. The first-order valence-electron chi connectivity index (χ1n) is 5.26. The molecule has 2 atom stereocenters. The average molecular weight is 278 g/mol. The number of nitrogens with two attached hydrogens (primary N) is 2. The van der Waals surface area contributed by atoms with E-state index >= 15 is 0 Å². The SMILES string of the molecule is CC(=O)OCC(CSCC(N)C(N)=O)OC(C)=O. The van der Waals surface area contributed by atoms with Crippen molar-refractivity contribution in [3.05, 3.63) is 0 Å². The summed E-state index contributed by atoms with van der Waals surface area (Å²) in [4.78, 5) is 32.2. The molecule has 2 unspecified atom stereocenters. The Labute approximate surface area is 110 Å². The zero-order chi connectivity index (χ0) is 14.1. The van der Waals surface area contributed by atoms with Crippen molar-refractivity contribution in [1.82, 2.24) is 0 Å². The van der Waals surface area contributed by atoms with Crippen LogP contribution in [0.25, 0.3) is 0 Å². The van der Waals surface area contributed by atoms with Crippen LogP contribution >= 0.6 is 11.8 Å². The molecule has 0 radical (unpaired) electrons. The van der Waals surface area contributed by atoms with Crippen LogP contribution < -0.4 is 11.5 Å². The molecule has 0 aromatic heterocycles. The molecule has 0 spiro atoms. The molecule has 0 aliphatic carbocycles. The van der Waals surface area contributed by atoms with Crippen molar-refractivity contribution < 1.29 is 23.9 Å².